The maximum absolute atomic E-state index is 12.0. The van der Waals surface area contributed by atoms with Gasteiger partial charge < -0.3 is 10.2 Å². The molecule has 1 amide bonds. The largest absolute Gasteiger partial charge is 0.356 e. The third-order valence-electron chi connectivity index (χ3n) is 3.28. The Morgan fingerprint density at radius 2 is 2.37 bits per heavy atom. The summed E-state index contributed by atoms with van der Waals surface area (Å²) in [4.78, 5) is 14.1. The van der Waals surface area contributed by atoms with E-state index in [0.717, 1.165) is 38.2 Å². The molecule has 19 heavy (non-hydrogen) atoms. The fourth-order valence-corrected chi connectivity index (χ4v) is 2.37. The average molecular weight is 283 g/mol. The molecule has 1 aliphatic heterocycles. The molecule has 1 N–H and O–H groups in total. The van der Waals surface area contributed by atoms with Crippen molar-refractivity contribution in [1.29, 1.82) is 0 Å². The van der Waals surface area contributed by atoms with Crippen molar-refractivity contribution in [3.05, 3.63) is 17.3 Å². The summed E-state index contributed by atoms with van der Waals surface area (Å²) >= 11 is 5.73. The number of aromatic nitrogens is 2. The number of halogens is 1. The summed E-state index contributed by atoms with van der Waals surface area (Å²) in [5.41, 5.74) is 0. The van der Waals surface area contributed by atoms with Crippen molar-refractivity contribution < 1.29 is 4.79 Å². The topological polar surface area (TPSA) is 58.1 Å². The molecule has 0 spiro atoms. The molecule has 0 aliphatic carbocycles. The van der Waals surface area contributed by atoms with Crippen molar-refractivity contribution >= 4 is 23.3 Å². The molecule has 1 aromatic heterocycles. The van der Waals surface area contributed by atoms with Crippen LogP contribution in [0.5, 0.6) is 0 Å². The third kappa shape index (κ3) is 3.80. The molecule has 1 aromatic rings. The van der Waals surface area contributed by atoms with Crippen LogP contribution in [0, 0.1) is 5.92 Å². The molecular weight excluding hydrogens is 264 g/mol. The first kappa shape index (κ1) is 14.1. The highest BCUT2D eigenvalue weighted by Crippen LogP contribution is 2.21. The van der Waals surface area contributed by atoms with E-state index < -0.39 is 0 Å². The van der Waals surface area contributed by atoms with E-state index in [1.165, 1.54) is 0 Å². The number of piperidine rings is 1. The Labute approximate surface area is 118 Å². The molecule has 0 saturated carbocycles. The minimum absolute atomic E-state index is 0.0396. The first-order valence-electron chi connectivity index (χ1n) is 6.72. The second-order valence-electron chi connectivity index (χ2n) is 4.79. The summed E-state index contributed by atoms with van der Waals surface area (Å²) in [6.45, 7) is 4.41. The lowest BCUT2D eigenvalue weighted by atomic mass is 9.97. The minimum Gasteiger partial charge on any atom is -0.356 e. The Hall–Kier alpha value is -1.36. The lowest BCUT2D eigenvalue weighted by Gasteiger charge is -2.32. The van der Waals surface area contributed by atoms with Crippen molar-refractivity contribution in [3.8, 4) is 0 Å². The van der Waals surface area contributed by atoms with Gasteiger partial charge in [0.1, 0.15) is 0 Å². The molecule has 0 unspecified atom stereocenters. The summed E-state index contributed by atoms with van der Waals surface area (Å²) in [7, 11) is 0. The van der Waals surface area contributed by atoms with E-state index in [9.17, 15) is 4.79 Å². The van der Waals surface area contributed by atoms with Crippen LogP contribution in [-0.2, 0) is 4.79 Å². The number of carbonyl (C=O) groups excluding carboxylic acids is 1. The van der Waals surface area contributed by atoms with Crippen molar-refractivity contribution in [2.24, 2.45) is 5.92 Å². The van der Waals surface area contributed by atoms with Gasteiger partial charge in [-0.3, -0.25) is 4.79 Å². The molecule has 6 heteroatoms. The van der Waals surface area contributed by atoms with Crippen molar-refractivity contribution in [3.63, 3.8) is 0 Å². The molecule has 104 valence electrons. The second-order valence-corrected chi connectivity index (χ2v) is 5.18. The second kappa shape index (κ2) is 6.70. The van der Waals surface area contributed by atoms with Crippen molar-refractivity contribution in [2.45, 2.75) is 26.2 Å². The number of carbonyl (C=O) groups is 1. The van der Waals surface area contributed by atoms with Gasteiger partial charge in [-0.15, -0.1) is 10.2 Å². The standard InChI is InChI=1S/C13H19ClN4O/c1-2-7-15-13(19)10-4-3-8-18(9-10)12-6-5-11(14)16-17-12/h5-6,10H,2-4,7-9H2,1H3,(H,15,19)/t10-/m1/s1. The molecule has 1 fully saturated rings. The molecule has 2 heterocycles. The lowest BCUT2D eigenvalue weighted by Crippen LogP contribution is -2.43. The monoisotopic (exact) mass is 282 g/mol. The Morgan fingerprint density at radius 3 is 3.05 bits per heavy atom. The molecule has 1 aliphatic rings. The van der Waals surface area contributed by atoms with Crippen LogP contribution in [0.1, 0.15) is 26.2 Å². The lowest BCUT2D eigenvalue weighted by molar-refractivity contribution is -0.125. The van der Waals surface area contributed by atoms with Crippen LogP contribution in [0.15, 0.2) is 12.1 Å². The van der Waals surface area contributed by atoms with Crippen LogP contribution in [0.4, 0.5) is 5.82 Å². The van der Waals surface area contributed by atoms with Gasteiger partial charge in [-0.25, -0.2) is 0 Å². The number of hydrogen-bond donors (Lipinski definition) is 1. The first-order chi connectivity index (χ1) is 9.20. The summed E-state index contributed by atoms with van der Waals surface area (Å²) in [5.74, 6) is 0.976. The van der Waals surface area contributed by atoms with Gasteiger partial charge in [0.25, 0.3) is 0 Å². The summed E-state index contributed by atoms with van der Waals surface area (Å²) < 4.78 is 0. The highest BCUT2D eigenvalue weighted by atomic mass is 35.5. The smallest absolute Gasteiger partial charge is 0.224 e. The van der Waals surface area contributed by atoms with Gasteiger partial charge in [0, 0.05) is 19.6 Å². The molecule has 0 bridgehead atoms. The van der Waals surface area contributed by atoms with Crippen LogP contribution in [0.25, 0.3) is 0 Å². The van der Waals surface area contributed by atoms with Gasteiger partial charge in [0.05, 0.1) is 5.92 Å². The van der Waals surface area contributed by atoms with E-state index in [-0.39, 0.29) is 11.8 Å². The maximum atomic E-state index is 12.0. The Morgan fingerprint density at radius 1 is 1.53 bits per heavy atom. The fraction of sp³-hybridized carbons (Fsp3) is 0.615. The van der Waals surface area contributed by atoms with Crippen LogP contribution in [0.3, 0.4) is 0 Å². The van der Waals surface area contributed by atoms with E-state index in [0.29, 0.717) is 11.7 Å². The Kier molecular flexibility index (Phi) is 4.96. The predicted octanol–water partition coefficient (Wildman–Crippen LogP) is 1.87. The quantitative estimate of drug-likeness (QED) is 0.916. The van der Waals surface area contributed by atoms with Gasteiger partial charge in [0.2, 0.25) is 5.91 Å². The number of hydrogen-bond acceptors (Lipinski definition) is 4. The number of rotatable bonds is 4. The van der Waals surface area contributed by atoms with E-state index in [1.807, 2.05) is 6.07 Å². The van der Waals surface area contributed by atoms with Crippen LogP contribution in [0.2, 0.25) is 5.15 Å². The molecule has 1 atom stereocenters. The van der Waals surface area contributed by atoms with Gasteiger partial charge in [0.15, 0.2) is 11.0 Å². The zero-order chi connectivity index (χ0) is 13.7. The minimum atomic E-state index is 0.0396. The highest BCUT2D eigenvalue weighted by Gasteiger charge is 2.26. The number of anilines is 1. The van der Waals surface area contributed by atoms with E-state index in [1.54, 1.807) is 6.07 Å². The number of nitrogens with one attached hydrogen (secondary N) is 1. The summed E-state index contributed by atoms with van der Waals surface area (Å²) in [6, 6.07) is 3.58. The Balaban J connectivity index is 1.96. The SMILES string of the molecule is CCCNC(=O)[C@@H]1CCCN(c2ccc(Cl)nn2)C1. The normalized spacial score (nSPS) is 19.3. The highest BCUT2D eigenvalue weighted by molar-refractivity contribution is 6.29. The Bertz CT molecular complexity index is 423. The van der Waals surface area contributed by atoms with Gasteiger partial charge >= 0.3 is 0 Å². The van der Waals surface area contributed by atoms with Crippen LogP contribution < -0.4 is 10.2 Å². The van der Waals surface area contributed by atoms with Gasteiger partial charge in [-0.1, -0.05) is 18.5 Å². The molecule has 1 saturated heterocycles. The zero-order valence-electron chi connectivity index (χ0n) is 11.1. The van der Waals surface area contributed by atoms with Crippen LogP contribution in [-0.4, -0.2) is 35.7 Å². The summed E-state index contributed by atoms with van der Waals surface area (Å²) in [6.07, 6.45) is 2.90. The van der Waals surface area contributed by atoms with E-state index in [2.05, 4.69) is 27.3 Å². The third-order valence-corrected chi connectivity index (χ3v) is 3.48. The molecule has 2 rings (SSSR count). The van der Waals surface area contributed by atoms with E-state index in [4.69, 9.17) is 11.6 Å². The predicted molar refractivity (Wildman–Crippen MR) is 75.3 cm³/mol. The van der Waals surface area contributed by atoms with Crippen molar-refractivity contribution in [2.75, 3.05) is 24.5 Å². The molecular formula is C13H19ClN4O. The number of amides is 1. The molecule has 0 aromatic carbocycles. The zero-order valence-corrected chi connectivity index (χ0v) is 11.9. The maximum Gasteiger partial charge on any atom is 0.224 e. The fourth-order valence-electron chi connectivity index (χ4n) is 2.27. The van der Waals surface area contributed by atoms with Crippen molar-refractivity contribution in [1.82, 2.24) is 15.5 Å². The van der Waals surface area contributed by atoms with Gasteiger partial charge in [-0.2, -0.15) is 0 Å². The molecule has 0 radical (unpaired) electrons. The van der Waals surface area contributed by atoms with E-state index >= 15 is 0 Å². The molecule has 5 nitrogen and oxygen atoms in total. The summed E-state index contributed by atoms with van der Waals surface area (Å²) in [5, 5.41) is 11.3. The van der Waals surface area contributed by atoms with Gasteiger partial charge in [-0.05, 0) is 31.4 Å². The average Bonchev–Trinajstić information content (AvgIpc) is 2.45. The van der Waals surface area contributed by atoms with Crippen LogP contribution >= 0.6 is 11.6 Å². The number of nitrogens with zero attached hydrogens (tertiary/aromatic N) is 3. The first-order valence-corrected chi connectivity index (χ1v) is 7.10.